The van der Waals surface area contributed by atoms with E-state index in [0.29, 0.717) is 0 Å². The van der Waals surface area contributed by atoms with Gasteiger partial charge >= 0.3 is 0 Å². The van der Waals surface area contributed by atoms with Gasteiger partial charge in [0.05, 0.1) is 13.7 Å². The van der Waals surface area contributed by atoms with Gasteiger partial charge < -0.3 is 5.11 Å². The van der Waals surface area contributed by atoms with Crippen LogP contribution < -0.4 is 0 Å². The Labute approximate surface area is 151 Å². The average Bonchev–Trinajstić information content (AvgIpc) is 2.52. The van der Waals surface area contributed by atoms with Crippen LogP contribution >= 0.6 is 11.8 Å². The Bertz CT molecular complexity index is 657. The summed E-state index contributed by atoms with van der Waals surface area (Å²) >= 11 is 2.01. The standard InChI is InChI=1S/C21H28OSSi/c1-24(2,3)21(23-19-12-8-5-9-13-19)16-20(22,17-21)15-14-18-10-6-4-7-11-18/h4-13,22H,14-17H2,1-3H3. The molecule has 0 spiro atoms. The molecule has 0 amide bonds. The van der Waals surface area contributed by atoms with Gasteiger partial charge in [-0.1, -0.05) is 68.2 Å². The van der Waals surface area contributed by atoms with Crippen molar-refractivity contribution in [2.75, 3.05) is 0 Å². The number of aryl methyl sites for hydroxylation is 1. The Kier molecular flexibility index (Phi) is 4.96. The summed E-state index contributed by atoms with van der Waals surface area (Å²) in [5.41, 5.74) is 0.838. The summed E-state index contributed by atoms with van der Waals surface area (Å²) in [6.45, 7) is 7.33. The molecule has 0 bridgehead atoms. The van der Waals surface area contributed by atoms with Crippen molar-refractivity contribution in [3.63, 3.8) is 0 Å². The number of rotatable bonds is 6. The normalized spacial score (nSPS) is 26.8. The summed E-state index contributed by atoms with van der Waals surface area (Å²) < 4.78 is 0.250. The van der Waals surface area contributed by atoms with Gasteiger partial charge in [-0.25, -0.2) is 0 Å². The zero-order valence-electron chi connectivity index (χ0n) is 15.0. The Morgan fingerprint density at radius 1 is 0.917 bits per heavy atom. The molecule has 1 fully saturated rings. The van der Waals surface area contributed by atoms with Crippen molar-refractivity contribution < 1.29 is 5.11 Å². The van der Waals surface area contributed by atoms with Crippen LogP contribution in [0.2, 0.25) is 19.6 Å². The van der Waals surface area contributed by atoms with Crippen molar-refractivity contribution >= 4 is 19.8 Å². The quantitative estimate of drug-likeness (QED) is 0.685. The predicted octanol–water partition coefficient (Wildman–Crippen LogP) is 5.55. The zero-order chi connectivity index (χ0) is 17.3. The maximum atomic E-state index is 11.1. The molecule has 1 nitrogen and oxygen atoms in total. The van der Waals surface area contributed by atoms with Gasteiger partial charge in [-0.3, -0.25) is 0 Å². The molecule has 0 radical (unpaired) electrons. The van der Waals surface area contributed by atoms with Crippen LogP contribution in [0.5, 0.6) is 0 Å². The van der Waals surface area contributed by atoms with Gasteiger partial charge in [-0.05, 0) is 43.4 Å². The van der Waals surface area contributed by atoms with Crippen LogP contribution in [0.4, 0.5) is 0 Å². The second-order valence-corrected chi connectivity index (χ2v) is 15.5. The first-order valence-corrected chi connectivity index (χ1v) is 13.1. The zero-order valence-corrected chi connectivity index (χ0v) is 16.8. The van der Waals surface area contributed by atoms with E-state index in [1.165, 1.54) is 10.5 Å². The molecule has 0 heterocycles. The minimum Gasteiger partial charge on any atom is -0.390 e. The van der Waals surface area contributed by atoms with Crippen LogP contribution in [0.3, 0.4) is 0 Å². The van der Waals surface area contributed by atoms with E-state index in [-0.39, 0.29) is 4.37 Å². The van der Waals surface area contributed by atoms with Gasteiger partial charge in [0, 0.05) is 9.27 Å². The fourth-order valence-corrected chi connectivity index (χ4v) is 8.40. The van der Waals surface area contributed by atoms with Gasteiger partial charge in [0.1, 0.15) is 0 Å². The van der Waals surface area contributed by atoms with Gasteiger partial charge in [0.15, 0.2) is 0 Å². The highest BCUT2D eigenvalue weighted by Crippen LogP contribution is 2.58. The monoisotopic (exact) mass is 356 g/mol. The number of aliphatic hydroxyl groups is 1. The molecule has 2 aromatic carbocycles. The number of hydrogen-bond acceptors (Lipinski definition) is 2. The maximum absolute atomic E-state index is 11.1. The molecular formula is C21H28OSSi. The second-order valence-electron chi connectivity index (χ2n) is 8.22. The summed E-state index contributed by atoms with van der Waals surface area (Å²) in [6.07, 6.45) is 3.71. The molecule has 1 N–H and O–H groups in total. The SMILES string of the molecule is C[Si](C)(C)C1(Sc2ccccc2)CC(O)(CCc2ccccc2)C1. The minimum atomic E-state index is -1.40. The first-order valence-electron chi connectivity index (χ1n) is 8.82. The molecule has 0 saturated heterocycles. The van der Waals surface area contributed by atoms with E-state index in [2.05, 4.69) is 74.2 Å². The van der Waals surface area contributed by atoms with Crippen molar-refractivity contribution in [2.45, 2.75) is 60.2 Å². The Morgan fingerprint density at radius 2 is 1.46 bits per heavy atom. The molecule has 0 atom stereocenters. The molecule has 0 aromatic heterocycles. The van der Waals surface area contributed by atoms with Crippen LogP contribution in [-0.4, -0.2) is 23.2 Å². The van der Waals surface area contributed by atoms with E-state index in [1.807, 2.05) is 17.8 Å². The Morgan fingerprint density at radius 3 is 2.00 bits per heavy atom. The van der Waals surface area contributed by atoms with E-state index in [9.17, 15) is 5.11 Å². The highest BCUT2D eigenvalue weighted by molar-refractivity contribution is 8.02. The van der Waals surface area contributed by atoms with E-state index in [4.69, 9.17) is 0 Å². The molecule has 0 aliphatic heterocycles. The Hall–Kier alpha value is -1.03. The second kappa shape index (κ2) is 6.70. The largest absolute Gasteiger partial charge is 0.390 e. The topological polar surface area (TPSA) is 20.2 Å². The summed E-state index contributed by atoms with van der Waals surface area (Å²) in [5, 5.41) is 11.1. The van der Waals surface area contributed by atoms with Crippen molar-refractivity contribution in [3.8, 4) is 0 Å². The molecule has 128 valence electrons. The van der Waals surface area contributed by atoms with Crippen LogP contribution in [0.1, 0.15) is 24.8 Å². The van der Waals surface area contributed by atoms with Crippen molar-refractivity contribution in [3.05, 3.63) is 66.2 Å². The average molecular weight is 357 g/mol. The lowest BCUT2D eigenvalue weighted by Gasteiger charge is -2.59. The van der Waals surface area contributed by atoms with Crippen molar-refractivity contribution in [1.29, 1.82) is 0 Å². The maximum Gasteiger partial charge on any atom is 0.0672 e. The van der Waals surface area contributed by atoms with E-state index >= 15 is 0 Å². The van der Waals surface area contributed by atoms with Crippen molar-refractivity contribution in [2.24, 2.45) is 0 Å². The molecular weight excluding hydrogens is 328 g/mol. The van der Waals surface area contributed by atoms with Gasteiger partial charge in [0.2, 0.25) is 0 Å². The summed E-state index contributed by atoms with van der Waals surface area (Å²) in [5.74, 6) is 0. The highest BCUT2D eigenvalue weighted by atomic mass is 32.2. The summed E-state index contributed by atoms with van der Waals surface area (Å²) in [7, 11) is -1.40. The first kappa shape index (κ1) is 17.8. The van der Waals surface area contributed by atoms with Crippen LogP contribution in [-0.2, 0) is 6.42 Å². The third-order valence-electron chi connectivity index (χ3n) is 5.37. The third kappa shape index (κ3) is 3.79. The number of benzene rings is 2. The van der Waals surface area contributed by atoms with Crippen LogP contribution in [0, 0.1) is 0 Å². The lowest BCUT2D eigenvalue weighted by molar-refractivity contribution is -0.0472. The predicted molar refractivity (Wildman–Crippen MR) is 107 cm³/mol. The minimum absolute atomic E-state index is 0.250. The molecule has 1 saturated carbocycles. The van der Waals surface area contributed by atoms with Crippen LogP contribution in [0.25, 0.3) is 0 Å². The molecule has 24 heavy (non-hydrogen) atoms. The summed E-state index contributed by atoms with van der Waals surface area (Å²) in [4.78, 5) is 1.34. The van der Waals surface area contributed by atoms with E-state index in [0.717, 1.165) is 25.7 Å². The lowest BCUT2D eigenvalue weighted by atomic mass is 9.75. The van der Waals surface area contributed by atoms with Gasteiger partial charge in [-0.2, -0.15) is 0 Å². The van der Waals surface area contributed by atoms with E-state index < -0.39 is 13.7 Å². The lowest BCUT2D eigenvalue weighted by Crippen LogP contribution is -2.65. The fraction of sp³-hybridized carbons (Fsp3) is 0.429. The highest BCUT2D eigenvalue weighted by Gasteiger charge is 2.59. The molecule has 1 aliphatic rings. The molecule has 3 rings (SSSR count). The van der Waals surface area contributed by atoms with Gasteiger partial charge in [0.25, 0.3) is 0 Å². The first-order chi connectivity index (χ1) is 11.3. The third-order valence-corrected chi connectivity index (χ3v) is 11.8. The van der Waals surface area contributed by atoms with Crippen LogP contribution in [0.15, 0.2) is 65.6 Å². The molecule has 1 aliphatic carbocycles. The Balaban J connectivity index is 1.68. The summed E-state index contributed by atoms with van der Waals surface area (Å²) in [6, 6.07) is 21.2. The molecule has 2 aromatic rings. The fourth-order valence-electron chi connectivity index (χ4n) is 3.68. The number of hydrogen-bond donors (Lipinski definition) is 1. The number of thioether (sulfide) groups is 1. The van der Waals surface area contributed by atoms with Gasteiger partial charge in [-0.15, -0.1) is 11.8 Å². The van der Waals surface area contributed by atoms with E-state index in [1.54, 1.807) is 0 Å². The smallest absolute Gasteiger partial charge is 0.0672 e. The van der Waals surface area contributed by atoms with Crippen molar-refractivity contribution in [1.82, 2.24) is 0 Å². The molecule has 3 heteroatoms. The molecule has 0 unspecified atom stereocenters.